The van der Waals surface area contributed by atoms with Gasteiger partial charge in [-0.3, -0.25) is 0 Å². The third-order valence-electron chi connectivity index (χ3n) is 2.97. The van der Waals surface area contributed by atoms with Crippen molar-refractivity contribution in [3.8, 4) is 5.75 Å². The zero-order chi connectivity index (χ0) is 15.5. The molecule has 0 amide bonds. The molecule has 0 aromatic heterocycles. The van der Waals surface area contributed by atoms with Crippen molar-refractivity contribution >= 4 is 15.9 Å². The first-order valence-corrected chi connectivity index (χ1v) is 7.00. The number of hydrogen-bond donors (Lipinski definition) is 2. The number of aromatic hydroxyl groups is 1. The van der Waals surface area contributed by atoms with Gasteiger partial charge in [0.15, 0.2) is 0 Å². The van der Waals surface area contributed by atoms with Gasteiger partial charge in [0.2, 0.25) is 0 Å². The van der Waals surface area contributed by atoms with Gasteiger partial charge >= 0.3 is 6.18 Å². The Labute approximate surface area is 128 Å². The molecule has 0 fully saturated rings. The Kier molecular flexibility index (Phi) is 4.90. The lowest BCUT2D eigenvalue weighted by atomic mass is 10.1. The summed E-state index contributed by atoms with van der Waals surface area (Å²) in [6, 6.07) is 10.4. The summed E-state index contributed by atoms with van der Waals surface area (Å²) in [5, 5.41) is 12.8. The standard InChI is InChI=1S/C15H13BrF3NO/c16-13-6-2-4-11(14(13)21)9-20-8-10-3-1-5-12(7-10)15(17,18)19/h1-7,20-21H,8-9H2. The number of phenols is 1. The maximum absolute atomic E-state index is 12.6. The maximum atomic E-state index is 12.6. The lowest BCUT2D eigenvalue weighted by Gasteiger charge is -2.10. The smallest absolute Gasteiger partial charge is 0.416 e. The molecule has 2 nitrogen and oxygen atoms in total. The van der Waals surface area contributed by atoms with Gasteiger partial charge in [0.1, 0.15) is 5.75 Å². The van der Waals surface area contributed by atoms with Gasteiger partial charge in [-0.2, -0.15) is 13.2 Å². The number of rotatable bonds is 4. The monoisotopic (exact) mass is 359 g/mol. The first-order valence-electron chi connectivity index (χ1n) is 6.21. The highest BCUT2D eigenvalue weighted by Crippen LogP contribution is 2.30. The van der Waals surface area contributed by atoms with Gasteiger partial charge in [-0.15, -0.1) is 0 Å². The summed E-state index contributed by atoms with van der Waals surface area (Å²) >= 11 is 3.21. The molecule has 0 aliphatic heterocycles. The average molecular weight is 360 g/mol. The maximum Gasteiger partial charge on any atom is 0.416 e. The molecule has 2 aromatic carbocycles. The van der Waals surface area contributed by atoms with Gasteiger partial charge in [-0.05, 0) is 33.6 Å². The van der Waals surface area contributed by atoms with E-state index in [1.807, 2.05) is 0 Å². The molecular formula is C15H13BrF3NO. The first kappa shape index (κ1) is 15.9. The molecule has 2 rings (SSSR count). The summed E-state index contributed by atoms with van der Waals surface area (Å²) in [4.78, 5) is 0. The van der Waals surface area contributed by atoms with E-state index in [4.69, 9.17) is 0 Å². The van der Waals surface area contributed by atoms with E-state index >= 15 is 0 Å². The van der Waals surface area contributed by atoms with Crippen molar-refractivity contribution in [1.29, 1.82) is 0 Å². The quantitative estimate of drug-likeness (QED) is 0.844. The number of halogens is 4. The summed E-state index contributed by atoms with van der Waals surface area (Å²) in [7, 11) is 0. The second-order valence-electron chi connectivity index (χ2n) is 4.55. The molecule has 0 bridgehead atoms. The SMILES string of the molecule is Oc1c(Br)cccc1CNCc1cccc(C(F)(F)F)c1. The number of phenolic OH excluding ortho intramolecular Hbond substituents is 1. The fourth-order valence-corrected chi connectivity index (χ4v) is 2.31. The molecule has 0 heterocycles. The van der Waals surface area contributed by atoms with Gasteiger partial charge in [0.25, 0.3) is 0 Å². The third-order valence-corrected chi connectivity index (χ3v) is 3.61. The summed E-state index contributed by atoms with van der Waals surface area (Å²) in [6.45, 7) is 0.650. The highest BCUT2D eigenvalue weighted by Gasteiger charge is 2.30. The van der Waals surface area contributed by atoms with Crippen molar-refractivity contribution in [2.75, 3.05) is 0 Å². The fourth-order valence-electron chi connectivity index (χ4n) is 1.90. The highest BCUT2D eigenvalue weighted by atomic mass is 79.9. The summed E-state index contributed by atoms with van der Waals surface area (Å²) in [5.74, 6) is 0.133. The molecule has 0 spiro atoms. The second-order valence-corrected chi connectivity index (χ2v) is 5.40. The minimum atomic E-state index is -4.33. The van der Waals surface area contributed by atoms with Crippen LogP contribution in [0.2, 0.25) is 0 Å². The van der Waals surface area contributed by atoms with Crippen molar-refractivity contribution in [1.82, 2.24) is 5.32 Å². The van der Waals surface area contributed by atoms with Crippen LogP contribution in [0.4, 0.5) is 13.2 Å². The van der Waals surface area contributed by atoms with Gasteiger partial charge in [0.05, 0.1) is 10.0 Å². The molecule has 0 aliphatic carbocycles. The molecule has 0 saturated heterocycles. The van der Waals surface area contributed by atoms with E-state index in [1.54, 1.807) is 24.3 Å². The van der Waals surface area contributed by atoms with Crippen LogP contribution in [-0.2, 0) is 19.3 Å². The van der Waals surface area contributed by atoms with E-state index in [2.05, 4.69) is 21.2 Å². The van der Waals surface area contributed by atoms with E-state index in [1.165, 1.54) is 6.07 Å². The Bertz CT molecular complexity index is 629. The van der Waals surface area contributed by atoms with Crippen LogP contribution in [0.3, 0.4) is 0 Å². The Morgan fingerprint density at radius 1 is 1.05 bits per heavy atom. The molecule has 0 atom stereocenters. The first-order chi connectivity index (χ1) is 9.88. The molecule has 21 heavy (non-hydrogen) atoms. The molecule has 112 valence electrons. The molecule has 0 unspecified atom stereocenters. The van der Waals surface area contributed by atoms with Crippen molar-refractivity contribution < 1.29 is 18.3 Å². The summed E-state index contributed by atoms with van der Waals surface area (Å²) in [5.41, 5.74) is 0.558. The minimum absolute atomic E-state index is 0.133. The Morgan fingerprint density at radius 3 is 2.48 bits per heavy atom. The van der Waals surface area contributed by atoms with Crippen molar-refractivity contribution in [2.45, 2.75) is 19.3 Å². The van der Waals surface area contributed by atoms with E-state index in [0.717, 1.165) is 12.1 Å². The van der Waals surface area contributed by atoms with Crippen molar-refractivity contribution in [3.63, 3.8) is 0 Å². The van der Waals surface area contributed by atoms with Crippen LogP contribution in [0.15, 0.2) is 46.9 Å². The molecular weight excluding hydrogens is 347 g/mol. The molecule has 2 aromatic rings. The topological polar surface area (TPSA) is 32.3 Å². The Morgan fingerprint density at radius 2 is 1.76 bits per heavy atom. The lowest BCUT2D eigenvalue weighted by molar-refractivity contribution is -0.137. The zero-order valence-corrected chi connectivity index (χ0v) is 12.5. The van der Waals surface area contributed by atoms with Crippen molar-refractivity contribution in [3.05, 3.63) is 63.6 Å². The Balaban J connectivity index is 1.99. The van der Waals surface area contributed by atoms with Crippen LogP contribution in [0, 0.1) is 0 Å². The van der Waals surface area contributed by atoms with E-state index in [-0.39, 0.29) is 12.3 Å². The lowest BCUT2D eigenvalue weighted by Crippen LogP contribution is -2.14. The van der Waals surface area contributed by atoms with Crippen LogP contribution in [0.1, 0.15) is 16.7 Å². The predicted octanol–water partition coefficient (Wildman–Crippen LogP) is 4.46. The second kappa shape index (κ2) is 6.49. The predicted molar refractivity (Wildman–Crippen MR) is 77.8 cm³/mol. The molecule has 0 aliphatic rings. The summed E-state index contributed by atoms with van der Waals surface area (Å²) < 4.78 is 38.4. The molecule has 6 heteroatoms. The number of hydrogen-bond acceptors (Lipinski definition) is 2. The third kappa shape index (κ3) is 4.22. The van der Waals surface area contributed by atoms with E-state index in [9.17, 15) is 18.3 Å². The van der Waals surface area contributed by atoms with E-state index < -0.39 is 11.7 Å². The van der Waals surface area contributed by atoms with Crippen LogP contribution < -0.4 is 5.32 Å². The average Bonchev–Trinajstić information content (AvgIpc) is 2.43. The molecule has 2 N–H and O–H groups in total. The van der Waals surface area contributed by atoms with Crippen LogP contribution in [0.5, 0.6) is 5.75 Å². The number of alkyl halides is 3. The van der Waals surface area contributed by atoms with E-state index in [0.29, 0.717) is 22.1 Å². The largest absolute Gasteiger partial charge is 0.506 e. The van der Waals surface area contributed by atoms with Gasteiger partial charge in [0, 0.05) is 18.7 Å². The van der Waals surface area contributed by atoms with Gasteiger partial charge in [-0.25, -0.2) is 0 Å². The minimum Gasteiger partial charge on any atom is -0.506 e. The number of nitrogens with one attached hydrogen (secondary N) is 1. The zero-order valence-electron chi connectivity index (χ0n) is 10.9. The van der Waals surface area contributed by atoms with Crippen LogP contribution >= 0.6 is 15.9 Å². The molecule has 0 saturated carbocycles. The fraction of sp³-hybridized carbons (Fsp3) is 0.200. The van der Waals surface area contributed by atoms with Crippen molar-refractivity contribution in [2.24, 2.45) is 0 Å². The number of benzene rings is 2. The van der Waals surface area contributed by atoms with Crippen LogP contribution in [0.25, 0.3) is 0 Å². The van der Waals surface area contributed by atoms with Gasteiger partial charge in [-0.1, -0.05) is 30.3 Å². The summed E-state index contributed by atoms with van der Waals surface area (Å²) in [6.07, 6.45) is -4.33. The molecule has 0 radical (unpaired) electrons. The van der Waals surface area contributed by atoms with Crippen LogP contribution in [-0.4, -0.2) is 5.11 Å². The Hall–Kier alpha value is -1.53. The normalized spacial score (nSPS) is 11.6. The number of para-hydroxylation sites is 1. The highest BCUT2D eigenvalue weighted by molar-refractivity contribution is 9.10. The van der Waals surface area contributed by atoms with Gasteiger partial charge < -0.3 is 10.4 Å².